The summed E-state index contributed by atoms with van der Waals surface area (Å²) in [6.07, 6.45) is 0. The van der Waals surface area contributed by atoms with Gasteiger partial charge in [-0.1, -0.05) is 0 Å². The van der Waals surface area contributed by atoms with Crippen LogP contribution in [0.1, 0.15) is 13.8 Å². The number of halogens is 2. The monoisotopic (exact) mass is 259 g/mol. The van der Waals surface area contributed by atoms with Crippen molar-refractivity contribution in [3.8, 4) is 0 Å². The maximum absolute atomic E-state index is 11.6. The minimum atomic E-state index is -0.763. The topological polar surface area (TPSA) is 49.6 Å². The summed E-state index contributed by atoms with van der Waals surface area (Å²) >= 11 is 0. The van der Waals surface area contributed by atoms with E-state index in [1.807, 2.05) is 19.0 Å². The maximum Gasteiger partial charge on any atom is 0.241 e. The standard InChI is InChI=1S/C9H21N3O.2ClH/c1-9(2,10)8(13)12(5)7-6-11(3)4;;/h6-7,10H2,1-5H3;2*1H. The van der Waals surface area contributed by atoms with Gasteiger partial charge in [-0.15, -0.1) is 24.8 Å². The Morgan fingerprint density at radius 3 is 1.80 bits per heavy atom. The van der Waals surface area contributed by atoms with Gasteiger partial charge in [-0.05, 0) is 27.9 Å². The number of rotatable bonds is 4. The Morgan fingerprint density at radius 2 is 1.53 bits per heavy atom. The molecule has 0 aromatic heterocycles. The summed E-state index contributed by atoms with van der Waals surface area (Å²) in [4.78, 5) is 15.3. The number of nitrogens with two attached hydrogens (primary N) is 1. The van der Waals surface area contributed by atoms with Gasteiger partial charge in [0.15, 0.2) is 0 Å². The van der Waals surface area contributed by atoms with Gasteiger partial charge in [0.25, 0.3) is 0 Å². The largest absolute Gasteiger partial charge is 0.343 e. The molecule has 0 atom stereocenters. The highest BCUT2D eigenvalue weighted by molar-refractivity contribution is 5.85. The van der Waals surface area contributed by atoms with Crippen LogP contribution in [0, 0.1) is 0 Å². The first-order chi connectivity index (χ1) is 5.75. The van der Waals surface area contributed by atoms with E-state index in [0.717, 1.165) is 6.54 Å². The molecule has 0 aliphatic carbocycles. The van der Waals surface area contributed by atoms with Crippen molar-refractivity contribution in [2.75, 3.05) is 34.2 Å². The summed E-state index contributed by atoms with van der Waals surface area (Å²) in [5.74, 6) is -0.0191. The molecule has 0 radical (unpaired) electrons. The van der Waals surface area contributed by atoms with Crippen LogP contribution in [-0.2, 0) is 4.79 Å². The highest BCUT2D eigenvalue weighted by Gasteiger charge is 2.25. The Kier molecular flexibility index (Phi) is 11.1. The number of nitrogens with zero attached hydrogens (tertiary/aromatic N) is 2. The molecule has 0 aliphatic heterocycles. The van der Waals surface area contributed by atoms with Crippen LogP contribution in [0.5, 0.6) is 0 Å². The van der Waals surface area contributed by atoms with Crippen molar-refractivity contribution >= 4 is 30.7 Å². The fourth-order valence-electron chi connectivity index (χ4n) is 0.943. The molecule has 0 spiro atoms. The van der Waals surface area contributed by atoms with Crippen LogP contribution in [0.2, 0.25) is 0 Å². The fourth-order valence-corrected chi connectivity index (χ4v) is 0.943. The van der Waals surface area contributed by atoms with Gasteiger partial charge in [-0.25, -0.2) is 0 Å². The van der Waals surface area contributed by atoms with Crippen molar-refractivity contribution in [3.63, 3.8) is 0 Å². The van der Waals surface area contributed by atoms with Crippen LogP contribution in [0.25, 0.3) is 0 Å². The number of carbonyl (C=O) groups excluding carboxylic acids is 1. The van der Waals surface area contributed by atoms with Crippen LogP contribution < -0.4 is 5.73 Å². The van der Waals surface area contributed by atoms with Gasteiger partial charge < -0.3 is 15.5 Å². The molecule has 2 N–H and O–H groups in total. The molecule has 0 saturated heterocycles. The number of hydrogen-bond donors (Lipinski definition) is 1. The summed E-state index contributed by atoms with van der Waals surface area (Å²) in [5.41, 5.74) is 4.92. The van der Waals surface area contributed by atoms with Gasteiger partial charge in [0, 0.05) is 20.1 Å². The van der Waals surface area contributed by atoms with Crippen LogP contribution >= 0.6 is 24.8 Å². The molecule has 0 aliphatic rings. The quantitative estimate of drug-likeness (QED) is 0.804. The van der Waals surface area contributed by atoms with E-state index in [-0.39, 0.29) is 30.7 Å². The molecule has 0 saturated carbocycles. The second kappa shape index (κ2) is 8.16. The first kappa shape index (κ1) is 20.4. The summed E-state index contributed by atoms with van der Waals surface area (Å²) in [6.45, 7) is 5.02. The number of amides is 1. The SMILES string of the molecule is CN(C)CCN(C)C(=O)C(C)(C)N.Cl.Cl. The lowest BCUT2D eigenvalue weighted by molar-refractivity contribution is -0.134. The average Bonchev–Trinajstić information content (AvgIpc) is 1.96. The van der Waals surface area contributed by atoms with E-state index < -0.39 is 5.54 Å². The Morgan fingerprint density at radius 1 is 1.13 bits per heavy atom. The van der Waals surface area contributed by atoms with Gasteiger partial charge in [0.05, 0.1) is 5.54 Å². The van der Waals surface area contributed by atoms with Crippen molar-refractivity contribution in [2.24, 2.45) is 5.73 Å². The van der Waals surface area contributed by atoms with Gasteiger partial charge in [-0.3, -0.25) is 4.79 Å². The fraction of sp³-hybridized carbons (Fsp3) is 0.889. The van der Waals surface area contributed by atoms with Crippen LogP contribution in [-0.4, -0.2) is 55.5 Å². The van der Waals surface area contributed by atoms with E-state index in [1.54, 1.807) is 25.8 Å². The predicted octanol–water partition coefficient (Wildman–Crippen LogP) is 0.587. The van der Waals surface area contributed by atoms with Gasteiger partial charge in [0.1, 0.15) is 0 Å². The van der Waals surface area contributed by atoms with E-state index in [0.29, 0.717) is 6.54 Å². The van der Waals surface area contributed by atoms with Gasteiger partial charge in [0.2, 0.25) is 5.91 Å². The smallest absolute Gasteiger partial charge is 0.241 e. The first-order valence-electron chi connectivity index (χ1n) is 4.44. The molecule has 94 valence electrons. The third-order valence-electron chi connectivity index (χ3n) is 1.78. The second-order valence-electron chi connectivity index (χ2n) is 4.25. The molecule has 0 bridgehead atoms. The lowest BCUT2D eigenvalue weighted by Gasteiger charge is -2.26. The van der Waals surface area contributed by atoms with Crippen LogP contribution in [0.3, 0.4) is 0 Å². The van der Waals surface area contributed by atoms with E-state index in [2.05, 4.69) is 0 Å². The lowest BCUT2D eigenvalue weighted by atomic mass is 10.1. The second-order valence-corrected chi connectivity index (χ2v) is 4.25. The maximum atomic E-state index is 11.6. The zero-order valence-electron chi connectivity index (χ0n) is 10.1. The predicted molar refractivity (Wildman–Crippen MR) is 69.0 cm³/mol. The van der Waals surface area contributed by atoms with E-state index in [1.165, 1.54) is 0 Å². The molecular weight excluding hydrogens is 237 g/mol. The number of hydrogen-bond acceptors (Lipinski definition) is 3. The molecule has 0 aromatic carbocycles. The van der Waals surface area contributed by atoms with Crippen molar-refractivity contribution in [1.82, 2.24) is 9.80 Å². The van der Waals surface area contributed by atoms with Crippen molar-refractivity contribution in [2.45, 2.75) is 19.4 Å². The Hall–Kier alpha value is -0.0300. The third-order valence-corrected chi connectivity index (χ3v) is 1.78. The van der Waals surface area contributed by atoms with Crippen molar-refractivity contribution < 1.29 is 4.79 Å². The Bertz CT molecular complexity index is 181. The van der Waals surface area contributed by atoms with Crippen LogP contribution in [0.4, 0.5) is 0 Å². The normalized spacial score (nSPS) is 10.3. The third kappa shape index (κ3) is 8.93. The summed E-state index contributed by atoms with van der Waals surface area (Å²) in [5, 5.41) is 0. The molecule has 15 heavy (non-hydrogen) atoms. The molecule has 0 aromatic rings. The highest BCUT2D eigenvalue weighted by atomic mass is 35.5. The molecule has 1 amide bonds. The molecular formula is C9H23Cl2N3O. The van der Waals surface area contributed by atoms with Gasteiger partial charge >= 0.3 is 0 Å². The lowest BCUT2D eigenvalue weighted by Crippen LogP contribution is -2.50. The minimum Gasteiger partial charge on any atom is -0.343 e. The molecule has 0 rings (SSSR count). The average molecular weight is 260 g/mol. The molecule has 0 fully saturated rings. The number of carbonyl (C=O) groups is 1. The molecule has 0 heterocycles. The van der Waals surface area contributed by atoms with Crippen LogP contribution in [0.15, 0.2) is 0 Å². The van der Waals surface area contributed by atoms with Gasteiger partial charge in [-0.2, -0.15) is 0 Å². The highest BCUT2D eigenvalue weighted by Crippen LogP contribution is 2.01. The summed E-state index contributed by atoms with van der Waals surface area (Å²) < 4.78 is 0. The Balaban J connectivity index is -0.000000720. The number of likely N-dealkylation sites (N-methyl/N-ethyl adjacent to an activating group) is 2. The van der Waals surface area contributed by atoms with Crippen molar-refractivity contribution in [3.05, 3.63) is 0 Å². The van der Waals surface area contributed by atoms with E-state index in [9.17, 15) is 4.79 Å². The molecule has 6 heteroatoms. The minimum absolute atomic E-state index is 0. The molecule has 0 unspecified atom stereocenters. The Labute approximate surface area is 105 Å². The van der Waals surface area contributed by atoms with E-state index in [4.69, 9.17) is 5.73 Å². The zero-order chi connectivity index (χ0) is 10.6. The van der Waals surface area contributed by atoms with Crippen molar-refractivity contribution in [1.29, 1.82) is 0 Å². The molecule has 4 nitrogen and oxygen atoms in total. The summed E-state index contributed by atoms with van der Waals surface area (Å²) in [6, 6.07) is 0. The first-order valence-corrected chi connectivity index (χ1v) is 4.44. The van der Waals surface area contributed by atoms with E-state index >= 15 is 0 Å². The zero-order valence-corrected chi connectivity index (χ0v) is 11.7. The summed E-state index contributed by atoms with van der Waals surface area (Å²) in [7, 11) is 5.73.